The zero-order chi connectivity index (χ0) is 15.2. The molecule has 1 heterocycles. The van der Waals surface area contributed by atoms with E-state index in [2.05, 4.69) is 0 Å². The van der Waals surface area contributed by atoms with Crippen molar-refractivity contribution in [2.24, 2.45) is 0 Å². The molecule has 1 aliphatic heterocycles. The van der Waals surface area contributed by atoms with Gasteiger partial charge in [-0.1, -0.05) is 35.3 Å². The van der Waals surface area contributed by atoms with Crippen LogP contribution in [0.3, 0.4) is 0 Å². The molecule has 0 saturated heterocycles. The minimum absolute atomic E-state index is 0.0172. The second-order valence-corrected chi connectivity index (χ2v) is 7.28. The average molecular weight is 343 g/mol. The first-order valence-corrected chi connectivity index (χ1v) is 8.27. The highest BCUT2D eigenvalue weighted by Gasteiger charge is 2.30. The van der Waals surface area contributed by atoms with E-state index in [-0.39, 0.29) is 26.4 Å². The Morgan fingerprint density at radius 3 is 2.71 bits per heavy atom. The van der Waals surface area contributed by atoms with Gasteiger partial charge in [-0.05, 0) is 35.3 Å². The fourth-order valence-electron chi connectivity index (χ4n) is 2.18. The molecular weight excluding hydrogens is 334 g/mol. The van der Waals surface area contributed by atoms with Gasteiger partial charge in [-0.15, -0.1) is 0 Å². The predicted molar refractivity (Wildman–Crippen MR) is 80.8 cm³/mol. The van der Waals surface area contributed by atoms with Crippen LogP contribution >= 0.6 is 23.2 Å². The molecular formula is C13H9BCl2O4S. The average Bonchev–Trinajstić information content (AvgIpc) is 2.83. The number of fused-ring (bicyclic) bond motifs is 1. The Kier molecular flexibility index (Phi) is 3.75. The van der Waals surface area contributed by atoms with Crippen molar-refractivity contribution >= 4 is 45.6 Å². The van der Waals surface area contributed by atoms with Crippen LogP contribution in [0.4, 0.5) is 0 Å². The Labute approximate surface area is 132 Å². The van der Waals surface area contributed by atoms with E-state index in [9.17, 15) is 13.4 Å². The number of rotatable bonds is 2. The molecule has 0 aliphatic carbocycles. The lowest BCUT2D eigenvalue weighted by atomic mass is 9.80. The first kappa shape index (κ1) is 14.9. The molecule has 1 aliphatic rings. The number of halogens is 2. The molecule has 3 rings (SSSR count). The Morgan fingerprint density at radius 1 is 1.19 bits per heavy atom. The van der Waals surface area contributed by atoms with Crippen LogP contribution in [0.15, 0.2) is 46.2 Å². The number of sulfone groups is 1. The second-order valence-electron chi connectivity index (χ2n) is 4.58. The van der Waals surface area contributed by atoms with E-state index in [0.29, 0.717) is 5.46 Å². The van der Waals surface area contributed by atoms with Crippen molar-refractivity contribution in [1.29, 1.82) is 0 Å². The second kappa shape index (κ2) is 5.30. The lowest BCUT2D eigenvalue weighted by molar-refractivity contribution is 0.275. The van der Waals surface area contributed by atoms with Gasteiger partial charge in [0, 0.05) is 0 Å². The number of benzene rings is 2. The summed E-state index contributed by atoms with van der Waals surface area (Å²) in [5.74, 6) is 0. The third-order valence-corrected chi connectivity index (χ3v) is 6.02. The van der Waals surface area contributed by atoms with Crippen molar-refractivity contribution in [2.45, 2.75) is 16.4 Å². The van der Waals surface area contributed by atoms with E-state index < -0.39 is 17.0 Å². The van der Waals surface area contributed by atoms with Gasteiger partial charge in [0.1, 0.15) is 0 Å². The summed E-state index contributed by atoms with van der Waals surface area (Å²) in [4.78, 5) is -0.0278. The Hall–Kier alpha value is -1.05. The van der Waals surface area contributed by atoms with Crippen LogP contribution in [-0.4, -0.2) is 20.6 Å². The molecule has 4 nitrogen and oxygen atoms in total. The van der Waals surface area contributed by atoms with Crippen molar-refractivity contribution in [3.8, 4) is 0 Å². The third-order valence-electron chi connectivity index (χ3n) is 3.30. The molecule has 2 aromatic rings. The summed E-state index contributed by atoms with van der Waals surface area (Å²) >= 11 is 11.9. The highest BCUT2D eigenvalue weighted by molar-refractivity contribution is 7.91. The van der Waals surface area contributed by atoms with E-state index in [4.69, 9.17) is 27.9 Å². The highest BCUT2D eigenvalue weighted by atomic mass is 35.5. The first-order chi connectivity index (χ1) is 9.91. The molecule has 0 bridgehead atoms. The summed E-state index contributed by atoms with van der Waals surface area (Å²) in [6, 6.07) is 8.92. The van der Waals surface area contributed by atoms with Gasteiger partial charge in [0.25, 0.3) is 0 Å². The van der Waals surface area contributed by atoms with Crippen LogP contribution in [0.2, 0.25) is 10.0 Å². The molecule has 1 N–H and O–H groups in total. The number of hydrogen-bond acceptors (Lipinski definition) is 4. The van der Waals surface area contributed by atoms with Gasteiger partial charge in [-0.3, -0.25) is 0 Å². The SMILES string of the molecule is O=S(=O)(c1ccc2c(c1)B(O)OC2)c1cccc(Cl)c1Cl. The molecule has 108 valence electrons. The summed E-state index contributed by atoms with van der Waals surface area (Å²) in [5, 5.41) is 9.83. The quantitative estimate of drug-likeness (QED) is 0.848. The molecule has 0 aromatic heterocycles. The molecule has 0 atom stereocenters. The van der Waals surface area contributed by atoms with E-state index in [1.54, 1.807) is 6.07 Å². The van der Waals surface area contributed by atoms with Crippen molar-refractivity contribution < 1.29 is 18.1 Å². The molecule has 0 fully saturated rings. The highest BCUT2D eigenvalue weighted by Crippen LogP contribution is 2.32. The monoisotopic (exact) mass is 342 g/mol. The maximum atomic E-state index is 12.6. The molecule has 21 heavy (non-hydrogen) atoms. The Balaban J connectivity index is 2.15. The van der Waals surface area contributed by atoms with Crippen LogP contribution in [0, 0.1) is 0 Å². The Morgan fingerprint density at radius 2 is 1.95 bits per heavy atom. The third kappa shape index (κ3) is 2.47. The van der Waals surface area contributed by atoms with Crippen molar-refractivity contribution in [1.82, 2.24) is 0 Å². The van der Waals surface area contributed by atoms with Gasteiger partial charge < -0.3 is 9.68 Å². The van der Waals surface area contributed by atoms with Crippen LogP contribution < -0.4 is 5.46 Å². The predicted octanol–water partition coefficient (Wildman–Crippen LogP) is 2.04. The summed E-state index contributed by atoms with van der Waals surface area (Å²) in [7, 11) is -4.93. The van der Waals surface area contributed by atoms with Gasteiger partial charge in [0.15, 0.2) is 0 Å². The zero-order valence-electron chi connectivity index (χ0n) is 10.6. The smallest absolute Gasteiger partial charge is 0.423 e. The fraction of sp³-hybridized carbons (Fsp3) is 0.0769. The van der Waals surface area contributed by atoms with Crippen LogP contribution in [0.1, 0.15) is 5.56 Å². The van der Waals surface area contributed by atoms with Crippen molar-refractivity contribution in [3.63, 3.8) is 0 Å². The normalized spacial score (nSPS) is 14.3. The van der Waals surface area contributed by atoms with Gasteiger partial charge in [-0.2, -0.15) is 0 Å². The number of hydrogen-bond donors (Lipinski definition) is 1. The standard InChI is InChI=1S/C13H9BCl2O4S/c15-11-2-1-3-12(13(11)16)21(18,19)9-5-4-8-7-20-14(17)10(8)6-9/h1-6,17H,7H2. The minimum atomic E-state index is -3.82. The molecule has 8 heteroatoms. The van der Waals surface area contributed by atoms with Crippen LogP contribution in [-0.2, 0) is 21.1 Å². The molecule has 2 aromatic carbocycles. The topological polar surface area (TPSA) is 63.6 Å². The molecule has 0 radical (unpaired) electrons. The van der Waals surface area contributed by atoms with Crippen LogP contribution in [0.25, 0.3) is 0 Å². The van der Waals surface area contributed by atoms with E-state index in [0.717, 1.165) is 5.56 Å². The lowest BCUT2D eigenvalue weighted by Crippen LogP contribution is -2.28. The van der Waals surface area contributed by atoms with E-state index >= 15 is 0 Å². The molecule has 0 spiro atoms. The summed E-state index contributed by atoms with van der Waals surface area (Å²) in [6.07, 6.45) is 0. The summed E-state index contributed by atoms with van der Waals surface area (Å²) in [5.41, 5.74) is 1.22. The zero-order valence-corrected chi connectivity index (χ0v) is 12.9. The van der Waals surface area contributed by atoms with Gasteiger partial charge in [0.2, 0.25) is 9.84 Å². The van der Waals surface area contributed by atoms with Gasteiger partial charge in [-0.25, -0.2) is 8.42 Å². The van der Waals surface area contributed by atoms with Gasteiger partial charge in [0.05, 0.1) is 26.4 Å². The lowest BCUT2D eigenvalue weighted by Gasteiger charge is -2.09. The molecule has 0 amide bonds. The van der Waals surface area contributed by atoms with Gasteiger partial charge >= 0.3 is 7.12 Å². The fourth-order valence-corrected chi connectivity index (χ4v) is 4.23. The molecule has 0 saturated carbocycles. The largest absolute Gasteiger partial charge is 0.491 e. The van der Waals surface area contributed by atoms with Crippen molar-refractivity contribution in [3.05, 3.63) is 52.0 Å². The maximum absolute atomic E-state index is 12.6. The minimum Gasteiger partial charge on any atom is -0.423 e. The summed E-state index contributed by atoms with van der Waals surface area (Å²) in [6.45, 7) is 0.259. The maximum Gasteiger partial charge on any atom is 0.491 e. The van der Waals surface area contributed by atoms with Crippen LogP contribution in [0.5, 0.6) is 0 Å². The van der Waals surface area contributed by atoms with Crippen molar-refractivity contribution in [2.75, 3.05) is 0 Å². The van der Waals surface area contributed by atoms with E-state index in [1.165, 1.54) is 30.3 Å². The Bertz CT molecular complexity index is 823. The van der Waals surface area contributed by atoms with E-state index in [1.807, 2.05) is 0 Å². The molecule has 0 unspecified atom stereocenters. The summed E-state index contributed by atoms with van der Waals surface area (Å²) < 4.78 is 30.3. The first-order valence-electron chi connectivity index (χ1n) is 6.03.